The summed E-state index contributed by atoms with van der Waals surface area (Å²) in [5.41, 5.74) is 0.274. The Morgan fingerprint density at radius 1 is 1.38 bits per heavy atom. The number of carbonyl (C=O) groups is 1. The molecule has 0 fully saturated rings. The van der Waals surface area contributed by atoms with Crippen LogP contribution in [0.3, 0.4) is 0 Å². The number of ether oxygens (including phenoxy) is 1. The molecule has 1 atom stereocenters. The lowest BCUT2D eigenvalue weighted by Gasteiger charge is -2.28. The molecule has 10 nitrogen and oxygen atoms in total. The van der Waals surface area contributed by atoms with Crippen LogP contribution in [0.15, 0.2) is 27.3 Å². The first-order chi connectivity index (χ1) is 12.3. The molecular weight excluding hydrogens is 340 g/mol. The summed E-state index contributed by atoms with van der Waals surface area (Å²) in [6.07, 6.45) is 1.49. The number of esters is 1. The van der Waals surface area contributed by atoms with Crippen molar-refractivity contribution in [1.82, 2.24) is 18.7 Å². The van der Waals surface area contributed by atoms with Crippen LogP contribution in [0, 0.1) is 0 Å². The third kappa shape index (κ3) is 2.45. The molecule has 2 aromatic rings. The second-order valence-corrected chi connectivity index (χ2v) is 6.05. The average molecular weight is 360 g/mol. The number of hydrazone groups is 1. The van der Waals surface area contributed by atoms with Crippen molar-refractivity contribution in [1.29, 1.82) is 0 Å². The van der Waals surface area contributed by atoms with Gasteiger partial charge in [-0.05, 0) is 13.8 Å². The fourth-order valence-corrected chi connectivity index (χ4v) is 2.97. The summed E-state index contributed by atoms with van der Waals surface area (Å²) in [5.74, 6) is -0.181. The molecule has 0 radical (unpaired) electrons. The van der Waals surface area contributed by atoms with Crippen molar-refractivity contribution in [2.24, 2.45) is 12.1 Å². The quantitative estimate of drug-likeness (QED) is 0.562. The van der Waals surface area contributed by atoms with Crippen LogP contribution in [0.2, 0.25) is 0 Å². The number of fused-ring (bicyclic) bond motifs is 3. The van der Waals surface area contributed by atoms with Gasteiger partial charge in [0.25, 0.3) is 5.56 Å². The number of carbonyl (C=O) groups excluding carboxylic acids is 1. The Kier molecular flexibility index (Phi) is 4.26. The molecule has 0 aromatic carbocycles. The molecule has 0 spiro atoms. The molecule has 1 aliphatic rings. The first-order valence-electron chi connectivity index (χ1n) is 8.03. The van der Waals surface area contributed by atoms with E-state index in [-0.39, 0.29) is 30.3 Å². The van der Waals surface area contributed by atoms with Crippen LogP contribution in [0.1, 0.15) is 19.9 Å². The third-order valence-corrected chi connectivity index (χ3v) is 4.48. The molecule has 10 heteroatoms. The van der Waals surface area contributed by atoms with E-state index in [2.05, 4.69) is 16.7 Å². The van der Waals surface area contributed by atoms with Crippen LogP contribution in [0.25, 0.3) is 11.2 Å². The van der Waals surface area contributed by atoms with Gasteiger partial charge in [-0.2, -0.15) is 10.1 Å². The van der Waals surface area contributed by atoms with E-state index < -0.39 is 17.2 Å². The van der Waals surface area contributed by atoms with Crippen LogP contribution in [0.4, 0.5) is 5.95 Å². The molecule has 2 aromatic heterocycles. The molecule has 138 valence electrons. The number of nitrogens with zero attached hydrogens (tertiary/aromatic N) is 6. The van der Waals surface area contributed by atoms with Gasteiger partial charge in [0.05, 0.1) is 18.9 Å². The normalized spacial score (nSPS) is 16.4. The minimum absolute atomic E-state index is 0.0925. The Labute approximate surface area is 148 Å². The first-order valence-corrected chi connectivity index (χ1v) is 8.03. The monoisotopic (exact) mass is 360 g/mol. The molecule has 0 bridgehead atoms. The van der Waals surface area contributed by atoms with Crippen LogP contribution in [-0.4, -0.2) is 44.0 Å². The number of methoxy groups -OCH3 is 1. The fourth-order valence-electron chi connectivity index (χ4n) is 2.97. The lowest BCUT2D eigenvalue weighted by atomic mass is 10.2. The van der Waals surface area contributed by atoms with Crippen molar-refractivity contribution in [2.75, 3.05) is 18.7 Å². The van der Waals surface area contributed by atoms with Crippen LogP contribution < -0.4 is 16.3 Å². The Morgan fingerprint density at radius 2 is 2.08 bits per heavy atom. The SMILES string of the molecule is C=CCn1c(=O)c2c(nc3n2[C@@H](C)C(C)=NN3CC(=O)OC)n(C)c1=O. The van der Waals surface area contributed by atoms with Crippen molar-refractivity contribution in [3.8, 4) is 0 Å². The number of hydrogen-bond donors (Lipinski definition) is 0. The zero-order valence-electron chi connectivity index (χ0n) is 15.1. The summed E-state index contributed by atoms with van der Waals surface area (Å²) in [6.45, 7) is 7.21. The molecule has 3 heterocycles. The van der Waals surface area contributed by atoms with Gasteiger partial charge in [0, 0.05) is 13.6 Å². The highest BCUT2D eigenvalue weighted by molar-refractivity contribution is 5.92. The topological polar surface area (TPSA) is 104 Å². The Morgan fingerprint density at radius 3 is 2.69 bits per heavy atom. The predicted molar refractivity (Wildman–Crippen MR) is 96.6 cm³/mol. The van der Waals surface area contributed by atoms with Gasteiger partial charge in [-0.25, -0.2) is 9.80 Å². The van der Waals surface area contributed by atoms with Gasteiger partial charge < -0.3 is 4.74 Å². The number of aromatic nitrogens is 4. The Hall–Kier alpha value is -3.17. The van der Waals surface area contributed by atoms with Gasteiger partial charge in [0.15, 0.2) is 11.2 Å². The zero-order chi connectivity index (χ0) is 19.2. The van der Waals surface area contributed by atoms with Gasteiger partial charge in [0.2, 0.25) is 5.95 Å². The van der Waals surface area contributed by atoms with Gasteiger partial charge >= 0.3 is 11.7 Å². The lowest BCUT2D eigenvalue weighted by Crippen LogP contribution is -2.40. The number of hydrogen-bond acceptors (Lipinski definition) is 7. The molecule has 0 aliphatic carbocycles. The molecule has 26 heavy (non-hydrogen) atoms. The Bertz CT molecular complexity index is 1060. The van der Waals surface area contributed by atoms with Crippen LogP contribution in [-0.2, 0) is 23.1 Å². The highest BCUT2D eigenvalue weighted by Crippen LogP contribution is 2.29. The maximum absolute atomic E-state index is 13.0. The molecule has 0 N–H and O–H groups in total. The summed E-state index contributed by atoms with van der Waals surface area (Å²) in [6, 6.07) is -0.258. The van der Waals surface area contributed by atoms with E-state index >= 15 is 0 Å². The first kappa shape index (κ1) is 17.6. The number of aryl methyl sites for hydroxylation is 1. The van der Waals surface area contributed by atoms with Crippen molar-refractivity contribution in [3.63, 3.8) is 0 Å². The van der Waals surface area contributed by atoms with Gasteiger partial charge in [-0.15, -0.1) is 6.58 Å². The Balaban J connectivity index is 2.36. The summed E-state index contributed by atoms with van der Waals surface area (Å²) in [7, 11) is 2.83. The van der Waals surface area contributed by atoms with E-state index in [0.717, 1.165) is 4.57 Å². The van der Waals surface area contributed by atoms with Gasteiger partial charge in [-0.1, -0.05) is 6.08 Å². The largest absolute Gasteiger partial charge is 0.468 e. The lowest BCUT2D eigenvalue weighted by molar-refractivity contribution is -0.139. The average Bonchev–Trinajstić information content (AvgIpc) is 3.02. The molecule has 0 amide bonds. The van der Waals surface area contributed by atoms with E-state index in [4.69, 9.17) is 4.74 Å². The van der Waals surface area contributed by atoms with E-state index in [9.17, 15) is 14.4 Å². The fraction of sp³-hybridized carbons (Fsp3) is 0.438. The maximum Gasteiger partial charge on any atom is 0.332 e. The molecule has 0 unspecified atom stereocenters. The van der Waals surface area contributed by atoms with Crippen LogP contribution >= 0.6 is 0 Å². The number of anilines is 1. The molecule has 3 rings (SSSR count). The number of imidazole rings is 1. The van der Waals surface area contributed by atoms with Gasteiger partial charge in [0.1, 0.15) is 6.54 Å². The van der Waals surface area contributed by atoms with E-state index in [0.29, 0.717) is 11.7 Å². The summed E-state index contributed by atoms with van der Waals surface area (Å²) >= 11 is 0. The van der Waals surface area contributed by atoms with Crippen molar-refractivity contribution in [3.05, 3.63) is 33.5 Å². The smallest absolute Gasteiger partial charge is 0.332 e. The highest BCUT2D eigenvalue weighted by Gasteiger charge is 2.31. The van der Waals surface area contributed by atoms with Crippen molar-refractivity contribution >= 4 is 28.8 Å². The summed E-state index contributed by atoms with van der Waals surface area (Å²) < 4.78 is 8.81. The molecule has 0 saturated carbocycles. The second-order valence-electron chi connectivity index (χ2n) is 6.05. The third-order valence-electron chi connectivity index (χ3n) is 4.48. The maximum atomic E-state index is 13.0. The van der Waals surface area contributed by atoms with Crippen molar-refractivity contribution < 1.29 is 9.53 Å². The van der Waals surface area contributed by atoms with E-state index in [1.807, 2.05) is 6.92 Å². The molecule has 0 saturated heterocycles. The molecule has 1 aliphatic heterocycles. The second kappa shape index (κ2) is 6.28. The minimum atomic E-state index is -0.493. The van der Waals surface area contributed by atoms with E-state index in [1.54, 1.807) is 18.5 Å². The summed E-state index contributed by atoms with van der Waals surface area (Å²) in [5, 5.41) is 5.76. The van der Waals surface area contributed by atoms with Crippen molar-refractivity contribution in [2.45, 2.75) is 26.4 Å². The highest BCUT2D eigenvalue weighted by atomic mass is 16.5. The van der Waals surface area contributed by atoms with Gasteiger partial charge in [-0.3, -0.25) is 23.3 Å². The zero-order valence-corrected chi connectivity index (χ0v) is 15.1. The number of allylic oxidation sites excluding steroid dienone is 1. The van der Waals surface area contributed by atoms with E-state index in [1.165, 1.54) is 22.8 Å². The predicted octanol–water partition coefficient (Wildman–Crippen LogP) is 0.0126. The summed E-state index contributed by atoms with van der Waals surface area (Å²) in [4.78, 5) is 41.6. The van der Waals surface area contributed by atoms with Crippen LogP contribution in [0.5, 0.6) is 0 Å². The molecular formula is C16H20N6O4. The number of rotatable bonds is 4. The standard InChI is InChI=1S/C16H20N6O4/c1-6-7-20-14(24)12-13(19(4)16(20)25)17-15-21(8-11(23)26-5)18-9(2)10(3)22(12)15/h6,10H,1,7-8H2,2-5H3/t10-/m0/s1. The minimum Gasteiger partial charge on any atom is -0.468 e.